The smallest absolute Gasteiger partial charge is 0.255 e. The van der Waals surface area contributed by atoms with Crippen LogP contribution in [0.1, 0.15) is 41.6 Å². The molecular formula is C23H27N3O2. The van der Waals surface area contributed by atoms with Gasteiger partial charge >= 0.3 is 0 Å². The number of carbonyl (C=O) groups is 2. The highest BCUT2D eigenvalue weighted by molar-refractivity contribution is 6.04. The highest BCUT2D eigenvalue weighted by Gasteiger charge is 2.59. The number of carbonyl (C=O) groups excluding carboxylic acids is 2. The zero-order valence-electron chi connectivity index (χ0n) is 16.2. The Morgan fingerprint density at radius 2 is 1.86 bits per heavy atom. The molecule has 2 saturated carbocycles. The van der Waals surface area contributed by atoms with E-state index < -0.39 is 0 Å². The minimum absolute atomic E-state index is 0.0526. The number of hydrogen-bond donors (Lipinski definition) is 3. The number of nitrogens with two attached hydrogens (primary N) is 1. The van der Waals surface area contributed by atoms with Crippen LogP contribution in [0.15, 0.2) is 48.5 Å². The van der Waals surface area contributed by atoms with Crippen LogP contribution in [0, 0.1) is 24.2 Å². The molecule has 2 aliphatic rings. The Bertz CT molecular complexity index is 890. The van der Waals surface area contributed by atoms with Gasteiger partial charge in [0.1, 0.15) is 0 Å². The summed E-state index contributed by atoms with van der Waals surface area (Å²) in [5, 5.41) is 6.01. The van der Waals surface area contributed by atoms with Gasteiger partial charge in [-0.25, -0.2) is 0 Å². The third-order valence-corrected chi connectivity index (χ3v) is 6.70. The molecule has 1 spiro atoms. The second-order valence-electron chi connectivity index (χ2n) is 8.15. The largest absolute Gasteiger partial charge is 0.330 e. The number of benzene rings is 2. The summed E-state index contributed by atoms with van der Waals surface area (Å²) in [6, 6.07) is 14.7. The van der Waals surface area contributed by atoms with Gasteiger partial charge in [-0.15, -0.1) is 0 Å². The molecule has 0 bridgehead atoms. The maximum absolute atomic E-state index is 12.9. The van der Waals surface area contributed by atoms with E-state index in [1.54, 1.807) is 12.1 Å². The first kappa shape index (κ1) is 18.7. The number of anilines is 2. The summed E-state index contributed by atoms with van der Waals surface area (Å²) in [4.78, 5) is 25.3. The molecule has 28 heavy (non-hydrogen) atoms. The third kappa shape index (κ3) is 3.20. The van der Waals surface area contributed by atoms with Crippen molar-refractivity contribution in [3.05, 3.63) is 59.7 Å². The monoisotopic (exact) mass is 377 g/mol. The minimum Gasteiger partial charge on any atom is -0.330 e. The molecule has 2 aliphatic carbocycles. The van der Waals surface area contributed by atoms with Crippen molar-refractivity contribution in [2.75, 3.05) is 17.2 Å². The molecule has 0 heterocycles. The lowest BCUT2D eigenvalue weighted by atomic mass is 9.44. The van der Waals surface area contributed by atoms with Crippen LogP contribution in [-0.4, -0.2) is 18.4 Å². The van der Waals surface area contributed by atoms with E-state index in [4.69, 9.17) is 5.73 Å². The third-order valence-electron chi connectivity index (χ3n) is 6.70. The molecule has 146 valence electrons. The zero-order valence-corrected chi connectivity index (χ0v) is 16.2. The molecule has 4 rings (SSSR count). The molecule has 0 aromatic heterocycles. The first-order chi connectivity index (χ1) is 13.5. The molecule has 2 aromatic carbocycles. The average molecular weight is 377 g/mol. The molecule has 0 radical (unpaired) electrons. The first-order valence-electron chi connectivity index (χ1n) is 10.0. The molecule has 0 aliphatic heterocycles. The normalized spacial score (nSPS) is 22.1. The van der Waals surface area contributed by atoms with Gasteiger partial charge in [0.25, 0.3) is 5.91 Å². The fourth-order valence-corrected chi connectivity index (χ4v) is 4.77. The number of amides is 2. The Kier molecular flexibility index (Phi) is 4.94. The topological polar surface area (TPSA) is 84.2 Å². The summed E-state index contributed by atoms with van der Waals surface area (Å²) in [6.07, 6.45) is 4.30. The van der Waals surface area contributed by atoms with Gasteiger partial charge in [0.2, 0.25) is 5.91 Å². The predicted octanol–water partition coefficient (Wildman–Crippen LogP) is 3.95. The van der Waals surface area contributed by atoms with Crippen LogP contribution in [0.25, 0.3) is 0 Å². The van der Waals surface area contributed by atoms with Crippen molar-refractivity contribution >= 4 is 23.2 Å². The Morgan fingerprint density at radius 1 is 1.11 bits per heavy atom. The molecule has 0 saturated heterocycles. The van der Waals surface area contributed by atoms with E-state index in [-0.39, 0.29) is 23.1 Å². The summed E-state index contributed by atoms with van der Waals surface area (Å²) >= 11 is 0. The lowest BCUT2D eigenvalue weighted by Gasteiger charge is -2.60. The molecule has 2 fully saturated rings. The van der Waals surface area contributed by atoms with Crippen molar-refractivity contribution in [3.8, 4) is 0 Å². The second kappa shape index (κ2) is 7.40. The van der Waals surface area contributed by atoms with E-state index >= 15 is 0 Å². The van der Waals surface area contributed by atoms with Crippen LogP contribution in [0.2, 0.25) is 0 Å². The number of nitrogens with one attached hydrogen (secondary N) is 2. The molecule has 2 unspecified atom stereocenters. The van der Waals surface area contributed by atoms with Gasteiger partial charge in [-0.1, -0.05) is 30.7 Å². The summed E-state index contributed by atoms with van der Waals surface area (Å²) in [6.45, 7) is 2.63. The fourth-order valence-electron chi connectivity index (χ4n) is 4.77. The van der Waals surface area contributed by atoms with Gasteiger partial charge in [0.15, 0.2) is 0 Å². The summed E-state index contributed by atoms with van der Waals surface area (Å²) < 4.78 is 0. The van der Waals surface area contributed by atoms with Crippen molar-refractivity contribution < 1.29 is 9.59 Å². The van der Waals surface area contributed by atoms with E-state index in [1.807, 2.05) is 43.3 Å². The van der Waals surface area contributed by atoms with Crippen LogP contribution in [0.4, 0.5) is 11.4 Å². The SMILES string of the molecule is Cc1ccc(NC(=O)c2ccccc2)cc1NC(=O)C1CC(CN)C12CCC2. The van der Waals surface area contributed by atoms with Crippen LogP contribution in [-0.2, 0) is 4.79 Å². The fraction of sp³-hybridized carbons (Fsp3) is 0.391. The number of hydrogen-bond acceptors (Lipinski definition) is 3. The quantitative estimate of drug-likeness (QED) is 0.738. The lowest BCUT2D eigenvalue weighted by molar-refractivity contribution is -0.152. The molecule has 2 amide bonds. The van der Waals surface area contributed by atoms with Crippen molar-refractivity contribution in [1.82, 2.24) is 0 Å². The Labute approximate surface area is 165 Å². The Morgan fingerprint density at radius 3 is 2.50 bits per heavy atom. The van der Waals surface area contributed by atoms with Crippen molar-refractivity contribution in [1.29, 1.82) is 0 Å². The summed E-state index contributed by atoms with van der Waals surface area (Å²) in [7, 11) is 0. The molecule has 5 heteroatoms. The zero-order chi connectivity index (χ0) is 19.7. The van der Waals surface area contributed by atoms with Crippen LogP contribution < -0.4 is 16.4 Å². The standard InChI is InChI=1S/C23H27N3O2/c1-15-8-9-18(25-21(27)16-6-3-2-4-7-16)13-20(15)26-22(28)19-12-17(14-24)23(19)10-5-11-23/h2-4,6-9,13,17,19H,5,10-12,14,24H2,1H3,(H,25,27)(H,26,28). The summed E-state index contributed by atoms with van der Waals surface area (Å²) in [5.74, 6) is 0.449. The molecule has 2 aromatic rings. The van der Waals surface area contributed by atoms with Gasteiger partial charge in [-0.2, -0.15) is 0 Å². The Hall–Kier alpha value is -2.66. The van der Waals surface area contributed by atoms with E-state index in [0.717, 1.165) is 30.5 Å². The van der Waals surface area contributed by atoms with Gasteiger partial charge in [0.05, 0.1) is 0 Å². The van der Waals surface area contributed by atoms with Crippen LogP contribution in [0.3, 0.4) is 0 Å². The van der Waals surface area contributed by atoms with Crippen LogP contribution in [0.5, 0.6) is 0 Å². The second-order valence-corrected chi connectivity index (χ2v) is 8.15. The van der Waals surface area contributed by atoms with Gasteiger partial charge in [0, 0.05) is 22.9 Å². The minimum atomic E-state index is -0.167. The van der Waals surface area contributed by atoms with E-state index in [9.17, 15) is 9.59 Å². The van der Waals surface area contributed by atoms with Gasteiger partial charge in [-0.05, 0) is 73.9 Å². The molecule has 4 N–H and O–H groups in total. The molecule has 5 nitrogen and oxygen atoms in total. The molecule has 2 atom stereocenters. The highest BCUT2D eigenvalue weighted by Crippen LogP contribution is 2.63. The average Bonchev–Trinajstić information content (AvgIpc) is 2.63. The lowest BCUT2D eigenvalue weighted by Crippen LogP contribution is -2.59. The first-order valence-corrected chi connectivity index (χ1v) is 10.0. The summed E-state index contributed by atoms with van der Waals surface area (Å²) in [5.41, 5.74) is 9.03. The number of rotatable bonds is 5. The Balaban J connectivity index is 1.46. The van der Waals surface area contributed by atoms with Crippen LogP contribution >= 0.6 is 0 Å². The van der Waals surface area contributed by atoms with Crippen molar-refractivity contribution in [2.45, 2.75) is 32.6 Å². The van der Waals surface area contributed by atoms with E-state index in [2.05, 4.69) is 10.6 Å². The maximum Gasteiger partial charge on any atom is 0.255 e. The maximum atomic E-state index is 12.9. The number of aryl methyl sites for hydroxylation is 1. The van der Waals surface area contributed by atoms with E-state index in [1.165, 1.54) is 6.42 Å². The van der Waals surface area contributed by atoms with E-state index in [0.29, 0.717) is 23.7 Å². The molecular weight excluding hydrogens is 350 g/mol. The predicted molar refractivity (Wildman–Crippen MR) is 111 cm³/mol. The van der Waals surface area contributed by atoms with Crippen molar-refractivity contribution in [2.24, 2.45) is 23.0 Å². The van der Waals surface area contributed by atoms with Crippen molar-refractivity contribution in [3.63, 3.8) is 0 Å². The van der Waals surface area contributed by atoms with Gasteiger partial charge < -0.3 is 16.4 Å². The van der Waals surface area contributed by atoms with Gasteiger partial charge in [-0.3, -0.25) is 9.59 Å². The highest BCUT2D eigenvalue weighted by atomic mass is 16.2.